The first-order valence-electron chi connectivity index (χ1n) is 21.6. The molecule has 0 atom stereocenters. The number of carbonyl (C=O) groups is 6. The van der Waals surface area contributed by atoms with Crippen molar-refractivity contribution in [1.29, 1.82) is 0 Å². The lowest BCUT2D eigenvalue weighted by Gasteiger charge is -2.25. The van der Waals surface area contributed by atoms with Gasteiger partial charge < -0.3 is 45.5 Å². The third-order valence-electron chi connectivity index (χ3n) is 11.4. The maximum Gasteiger partial charge on any atom is 0.335 e. The van der Waals surface area contributed by atoms with E-state index in [1.165, 1.54) is 48.5 Å². The van der Waals surface area contributed by atoms with E-state index in [4.69, 9.17) is 9.47 Å². The molecule has 0 amide bonds. The highest BCUT2D eigenvalue weighted by Crippen LogP contribution is 2.47. The number of H-pyrrole nitrogens is 1. The Bertz CT molecular complexity index is 4330. The van der Waals surface area contributed by atoms with Crippen molar-refractivity contribution in [2.75, 3.05) is 10.6 Å². The lowest BCUT2D eigenvalue weighted by Crippen LogP contribution is -2.25. The Balaban J connectivity index is 1.27. The van der Waals surface area contributed by atoms with Crippen molar-refractivity contribution in [3.63, 3.8) is 0 Å². The summed E-state index contributed by atoms with van der Waals surface area (Å²) in [6, 6.07) is 16.5. The van der Waals surface area contributed by atoms with Gasteiger partial charge in [-0.2, -0.15) is 35.2 Å². The van der Waals surface area contributed by atoms with Crippen LogP contribution in [0.5, 0.6) is 23.5 Å². The molecule has 1 aliphatic rings. The van der Waals surface area contributed by atoms with Crippen LogP contribution in [-0.4, -0.2) is 115 Å². The van der Waals surface area contributed by atoms with E-state index in [-0.39, 0.29) is 28.3 Å². The molecule has 8 aromatic rings. The molecule has 1 aliphatic carbocycles. The summed E-state index contributed by atoms with van der Waals surface area (Å²) < 4.78 is 122. The van der Waals surface area contributed by atoms with Crippen molar-refractivity contribution < 1.29 is 97.6 Å². The number of carbonyl (C=O) groups excluding carboxylic acids is 2. The molecule has 0 aliphatic heterocycles. The van der Waals surface area contributed by atoms with Crippen LogP contribution in [0, 0.1) is 0 Å². The lowest BCUT2D eigenvalue weighted by atomic mass is 9.80. The summed E-state index contributed by atoms with van der Waals surface area (Å²) in [6.45, 7) is 0. The van der Waals surface area contributed by atoms with E-state index < -0.39 is 177 Å². The van der Waals surface area contributed by atoms with E-state index in [1.54, 1.807) is 6.07 Å². The van der Waals surface area contributed by atoms with Gasteiger partial charge in [0.2, 0.25) is 5.95 Å². The molecule has 2 aromatic heterocycles. The fraction of sp³-hybridized carbons (Fsp3) is 0. The fourth-order valence-corrected chi connectivity index (χ4v) is 10.3. The summed E-state index contributed by atoms with van der Waals surface area (Å²) in [6.07, 6.45) is 0. The van der Waals surface area contributed by atoms with Crippen LogP contribution in [0.2, 0.25) is 0 Å². The average Bonchev–Trinajstić information content (AvgIpc) is 3.57. The van der Waals surface area contributed by atoms with Crippen LogP contribution in [0.25, 0.3) is 22.0 Å². The number of benzene rings is 6. The number of fused-ring (bicyclic) bond motifs is 2. The first-order valence-corrected chi connectivity index (χ1v) is 25.9. The number of aromatic amines is 1. The number of hydrogen-bond acceptors (Lipinski definition) is 20. The van der Waals surface area contributed by atoms with Crippen LogP contribution >= 0.6 is 0 Å². The Morgan fingerprint density at radius 2 is 0.937 bits per heavy atom. The molecule has 79 heavy (non-hydrogen) atoms. The molecule has 0 saturated carbocycles. The van der Waals surface area contributed by atoms with E-state index in [0.29, 0.717) is 12.1 Å². The summed E-state index contributed by atoms with van der Waals surface area (Å²) in [4.78, 5) is 101. The maximum absolute atomic E-state index is 14.7. The summed E-state index contributed by atoms with van der Waals surface area (Å²) in [5, 5.41) is 42.9. The van der Waals surface area contributed by atoms with Crippen LogP contribution < -0.4 is 25.7 Å². The number of carboxylic acids is 4. The zero-order chi connectivity index (χ0) is 57.2. The van der Waals surface area contributed by atoms with Gasteiger partial charge in [-0.25, -0.2) is 19.2 Å². The first kappa shape index (κ1) is 53.5. The zero-order valence-corrected chi connectivity index (χ0v) is 41.2. The molecule has 0 spiro atoms. The number of ether oxygens (including phenoxy) is 2. The van der Waals surface area contributed by atoms with E-state index in [1.807, 2.05) is 0 Å². The SMILES string of the molecule is O=C(O)c1cc(Oc2nc(Nc3cc(Nc4cc(S(=O)(=O)O)c5[nH]c(=O)c(C(=O)c6ccccc6)c6c5c4C(=O)c4ccccc4-6)c(S(=O)(=O)O)cc3S(=O)(=O)O)nc(Oc3cc(C(=O)O)cc(C(=O)O)c3)n2)cc(C(=O)O)c1. The van der Waals surface area contributed by atoms with Crippen LogP contribution in [-0.2, 0) is 30.4 Å². The number of nitrogens with zero attached hydrogens (tertiary/aromatic N) is 3. The van der Waals surface area contributed by atoms with Gasteiger partial charge in [-0.1, -0.05) is 54.6 Å². The van der Waals surface area contributed by atoms with Crippen molar-refractivity contribution in [2.45, 2.75) is 14.7 Å². The third kappa shape index (κ3) is 10.5. The predicted octanol–water partition coefficient (Wildman–Crippen LogP) is 5.76. The Labute approximate surface area is 439 Å². The standard InChI is InChI=1S/C48H28N6O22S3/c55-39(19-6-2-1-3-7-19)37-34-26-8-4-5-9-27(26)40(56)35-30(17-33(79(72,73)74)38(36(34)35)51-41(37)57)49-28-16-29(32(78(69,70)71)18-31(28)77(66,67)68)50-46-52-47(75-24-12-20(42(58)59)10-21(13-24)43(60)61)54-48(53-46)76-25-14-22(44(62)63)11-23(15-25)45(64)65/h1-18,49H,(H,51,57)(H,58,59)(H,60,61)(H,62,63)(H,64,65)(H,66,67,68)(H,69,70,71)(H,72,73,74)(H,50,52,53,54). The normalized spacial score (nSPS) is 12.1. The largest absolute Gasteiger partial charge is 0.478 e. The fourth-order valence-electron chi connectivity index (χ4n) is 8.19. The monoisotopic (exact) mass is 1140 g/mol. The van der Waals surface area contributed by atoms with Gasteiger partial charge >= 0.3 is 35.9 Å². The van der Waals surface area contributed by atoms with E-state index in [0.717, 1.165) is 36.4 Å². The second-order valence-electron chi connectivity index (χ2n) is 16.5. The topological polar surface area (TPSA) is 460 Å². The van der Waals surface area contributed by atoms with Crippen molar-refractivity contribution in [3.8, 4) is 34.6 Å². The number of anilines is 4. The number of nitrogens with one attached hydrogen (secondary N) is 3. The number of pyridine rings is 1. The average molecular weight is 1140 g/mol. The highest BCUT2D eigenvalue weighted by atomic mass is 32.2. The molecule has 9 rings (SSSR count). The first-order chi connectivity index (χ1) is 37.1. The highest BCUT2D eigenvalue weighted by molar-refractivity contribution is 7.87. The Morgan fingerprint density at radius 3 is 1.41 bits per heavy atom. The summed E-state index contributed by atoms with van der Waals surface area (Å²) in [5.41, 5.74) is -9.15. The summed E-state index contributed by atoms with van der Waals surface area (Å²) >= 11 is 0. The van der Waals surface area contributed by atoms with Crippen LogP contribution in [0.4, 0.5) is 23.0 Å². The number of hydrogen-bond donors (Lipinski definition) is 10. The maximum atomic E-state index is 14.7. The molecule has 0 fully saturated rings. The van der Waals surface area contributed by atoms with Crippen LogP contribution in [0.3, 0.4) is 0 Å². The molecule has 0 radical (unpaired) electrons. The van der Waals surface area contributed by atoms with Gasteiger partial charge in [-0.15, -0.1) is 4.98 Å². The molecule has 0 saturated heterocycles. The molecule has 0 bridgehead atoms. The van der Waals surface area contributed by atoms with Crippen molar-refractivity contribution >= 4 is 99.7 Å². The van der Waals surface area contributed by atoms with Gasteiger partial charge in [0.1, 0.15) is 26.2 Å². The van der Waals surface area contributed by atoms with E-state index in [2.05, 4.69) is 30.6 Å². The molecule has 0 unspecified atom stereocenters. The molecular formula is C48H28N6O22S3. The van der Waals surface area contributed by atoms with Crippen molar-refractivity contribution in [3.05, 3.63) is 164 Å². The lowest BCUT2D eigenvalue weighted by molar-refractivity contribution is 0.0676. The molecule has 31 heteroatoms. The molecule has 400 valence electrons. The van der Waals surface area contributed by atoms with E-state index >= 15 is 0 Å². The van der Waals surface area contributed by atoms with E-state index in [9.17, 15) is 92.9 Å². The molecule has 10 N–H and O–H groups in total. The molecule has 6 aromatic carbocycles. The van der Waals surface area contributed by atoms with Crippen molar-refractivity contribution in [2.24, 2.45) is 0 Å². The summed E-state index contributed by atoms with van der Waals surface area (Å²) in [5.74, 6) is -10.7. The number of aromatic carboxylic acids is 4. The second kappa shape index (κ2) is 19.7. The van der Waals surface area contributed by atoms with Gasteiger partial charge in [-0.3, -0.25) is 28.0 Å². The smallest absolute Gasteiger partial charge is 0.335 e. The minimum Gasteiger partial charge on any atom is -0.478 e. The highest BCUT2D eigenvalue weighted by Gasteiger charge is 2.37. The van der Waals surface area contributed by atoms with Gasteiger partial charge in [0, 0.05) is 22.1 Å². The molecule has 2 heterocycles. The Morgan fingerprint density at radius 1 is 0.481 bits per heavy atom. The predicted molar refractivity (Wildman–Crippen MR) is 266 cm³/mol. The Kier molecular flexibility index (Phi) is 13.3. The Hall–Kier alpha value is -10.3. The van der Waals surface area contributed by atoms with Crippen molar-refractivity contribution in [1.82, 2.24) is 19.9 Å². The van der Waals surface area contributed by atoms with Gasteiger partial charge in [0.05, 0.1) is 56.0 Å². The number of ketones is 2. The number of carboxylic acid groups (broad SMARTS) is 4. The molecule has 28 nitrogen and oxygen atoms in total. The van der Waals surface area contributed by atoms with Gasteiger partial charge in [-0.05, 0) is 60.2 Å². The zero-order valence-electron chi connectivity index (χ0n) is 38.7. The second-order valence-corrected chi connectivity index (χ2v) is 20.7. The molecular weight excluding hydrogens is 1110 g/mol. The third-order valence-corrected chi connectivity index (χ3v) is 14.1. The van der Waals surface area contributed by atoms with Gasteiger partial charge in [0.25, 0.3) is 35.9 Å². The number of rotatable bonds is 17. The minimum absolute atomic E-state index is 0.0458. The van der Waals surface area contributed by atoms with Crippen LogP contribution in [0.1, 0.15) is 73.3 Å². The van der Waals surface area contributed by atoms with Crippen LogP contribution in [0.15, 0.2) is 129 Å². The summed E-state index contributed by atoms with van der Waals surface area (Å²) in [7, 11) is -16.9. The minimum atomic E-state index is -5.72. The quantitative estimate of drug-likeness (QED) is 0.0382. The number of aromatic nitrogens is 4. The van der Waals surface area contributed by atoms with Gasteiger partial charge in [0.15, 0.2) is 11.6 Å².